The molecule has 0 atom stereocenters. The number of nitriles is 1. The Hall–Kier alpha value is -2.55. The van der Waals surface area contributed by atoms with Gasteiger partial charge in [-0.1, -0.05) is 6.07 Å². The third-order valence-electron chi connectivity index (χ3n) is 1.85. The van der Waals surface area contributed by atoms with Crippen LogP contribution in [0.4, 0.5) is 10.5 Å². The van der Waals surface area contributed by atoms with Gasteiger partial charge in [-0.25, -0.2) is 9.79 Å². The molecule has 0 spiro atoms. The topological polar surface area (TPSA) is 100 Å². The summed E-state index contributed by atoms with van der Waals surface area (Å²) in [6.07, 6.45) is -0.676. The van der Waals surface area contributed by atoms with Crippen LogP contribution in [-0.4, -0.2) is 17.7 Å². The van der Waals surface area contributed by atoms with E-state index in [0.29, 0.717) is 11.3 Å². The lowest BCUT2D eigenvalue weighted by Gasteiger charge is -2.19. The lowest BCUT2D eigenvalue weighted by molar-refractivity contribution is 0.0562. The maximum Gasteiger partial charge on any atom is 0.414 e. The van der Waals surface area contributed by atoms with Crippen molar-refractivity contribution in [2.45, 2.75) is 26.4 Å². The molecule has 0 fully saturated rings. The van der Waals surface area contributed by atoms with Gasteiger partial charge >= 0.3 is 6.09 Å². The first-order valence-corrected chi connectivity index (χ1v) is 5.64. The largest absolute Gasteiger partial charge is 0.444 e. The van der Waals surface area contributed by atoms with E-state index in [1.807, 2.05) is 6.07 Å². The molecule has 1 rings (SSSR count). The number of carbonyl (C=O) groups excluding carboxylic acids is 1. The number of hydrogen-bond donors (Lipinski definition) is 2. The molecule has 0 saturated carbocycles. The number of nitrogens with zero attached hydrogens (tertiary/aromatic N) is 2. The van der Waals surface area contributed by atoms with Crippen LogP contribution in [0.25, 0.3) is 0 Å². The van der Waals surface area contributed by atoms with E-state index in [4.69, 9.17) is 15.7 Å². The molecule has 1 amide bonds. The van der Waals surface area contributed by atoms with Gasteiger partial charge in [0.15, 0.2) is 0 Å². The number of aliphatic imine (C=N–C) groups is 1. The highest BCUT2D eigenvalue weighted by atomic mass is 16.6. The number of carbonyl (C=O) groups is 1. The molecule has 0 aromatic heterocycles. The summed E-state index contributed by atoms with van der Waals surface area (Å²) in [5.74, 6) is -0.0932. The van der Waals surface area contributed by atoms with E-state index in [0.717, 1.165) is 0 Å². The van der Waals surface area contributed by atoms with Crippen molar-refractivity contribution in [1.29, 1.82) is 5.26 Å². The molecule has 6 heteroatoms. The molecule has 6 nitrogen and oxygen atoms in total. The van der Waals surface area contributed by atoms with Crippen LogP contribution in [0.5, 0.6) is 0 Å². The Balaban J connectivity index is 2.72. The van der Waals surface area contributed by atoms with Crippen molar-refractivity contribution < 1.29 is 9.53 Å². The Bertz CT molecular complexity index is 538. The number of alkyl carbamates (subject to hydrolysis) is 1. The average molecular weight is 260 g/mol. The number of nitrogens with one attached hydrogen (secondary N) is 1. The molecule has 0 aliphatic heterocycles. The first-order chi connectivity index (χ1) is 8.80. The first-order valence-electron chi connectivity index (χ1n) is 5.64. The molecule has 0 aliphatic rings. The van der Waals surface area contributed by atoms with E-state index in [1.54, 1.807) is 45.0 Å². The molecular formula is C13H16N4O2. The number of amides is 1. The van der Waals surface area contributed by atoms with Gasteiger partial charge in [0, 0.05) is 0 Å². The van der Waals surface area contributed by atoms with E-state index in [-0.39, 0.29) is 5.96 Å². The van der Waals surface area contributed by atoms with Crippen molar-refractivity contribution >= 4 is 17.7 Å². The molecular weight excluding hydrogens is 244 g/mol. The second kappa shape index (κ2) is 5.87. The highest BCUT2D eigenvalue weighted by molar-refractivity contribution is 5.94. The number of guanidine groups is 1. The standard InChI is InChI=1S/C13H16N4O2/c1-13(2,3)19-12(18)17-11(15)16-10-6-4-5-9(7-10)8-14/h4-7H,1-3H3,(H3,15,16,17,18). The summed E-state index contributed by atoms with van der Waals surface area (Å²) >= 11 is 0. The van der Waals surface area contributed by atoms with E-state index in [1.165, 1.54) is 0 Å². The summed E-state index contributed by atoms with van der Waals surface area (Å²) in [6, 6.07) is 8.55. The van der Waals surface area contributed by atoms with Crippen molar-refractivity contribution in [3.05, 3.63) is 29.8 Å². The molecule has 19 heavy (non-hydrogen) atoms. The summed E-state index contributed by atoms with van der Waals surface area (Å²) < 4.78 is 5.03. The van der Waals surface area contributed by atoms with Crippen LogP contribution in [0.1, 0.15) is 26.3 Å². The minimum Gasteiger partial charge on any atom is -0.444 e. The van der Waals surface area contributed by atoms with Gasteiger partial charge in [-0.05, 0) is 39.0 Å². The van der Waals surface area contributed by atoms with Gasteiger partial charge < -0.3 is 10.5 Å². The van der Waals surface area contributed by atoms with Gasteiger partial charge in [-0.15, -0.1) is 0 Å². The van der Waals surface area contributed by atoms with Gasteiger partial charge in [-0.2, -0.15) is 5.26 Å². The number of nitrogens with two attached hydrogens (primary N) is 1. The maximum atomic E-state index is 11.4. The Morgan fingerprint density at radius 3 is 2.74 bits per heavy atom. The highest BCUT2D eigenvalue weighted by Gasteiger charge is 2.16. The second-order valence-corrected chi connectivity index (χ2v) is 4.79. The fraction of sp³-hybridized carbons (Fsp3) is 0.308. The summed E-state index contributed by atoms with van der Waals surface area (Å²) in [7, 11) is 0. The van der Waals surface area contributed by atoms with Crippen molar-refractivity contribution in [3.63, 3.8) is 0 Å². The summed E-state index contributed by atoms with van der Waals surface area (Å²) in [4.78, 5) is 15.4. The normalized spacial score (nSPS) is 11.6. The zero-order valence-electron chi connectivity index (χ0n) is 11.1. The average Bonchev–Trinajstić information content (AvgIpc) is 2.26. The van der Waals surface area contributed by atoms with Crippen LogP contribution in [0.15, 0.2) is 29.3 Å². The molecule has 1 aromatic carbocycles. The minimum atomic E-state index is -0.676. The van der Waals surface area contributed by atoms with E-state index in [2.05, 4.69) is 10.3 Å². The highest BCUT2D eigenvalue weighted by Crippen LogP contribution is 2.13. The van der Waals surface area contributed by atoms with Gasteiger partial charge in [-0.3, -0.25) is 5.32 Å². The zero-order chi connectivity index (χ0) is 14.5. The second-order valence-electron chi connectivity index (χ2n) is 4.79. The quantitative estimate of drug-likeness (QED) is 0.596. The monoisotopic (exact) mass is 260 g/mol. The van der Waals surface area contributed by atoms with Crippen LogP contribution in [-0.2, 0) is 4.74 Å². The summed E-state index contributed by atoms with van der Waals surface area (Å²) in [5.41, 5.74) is 5.91. The van der Waals surface area contributed by atoms with E-state index >= 15 is 0 Å². The SMILES string of the molecule is CC(C)(C)OC(=O)NC(N)=Nc1cccc(C#N)c1. The molecule has 0 bridgehead atoms. The van der Waals surface area contributed by atoms with E-state index < -0.39 is 11.7 Å². The first kappa shape index (κ1) is 14.5. The van der Waals surface area contributed by atoms with Crippen molar-refractivity contribution in [3.8, 4) is 6.07 Å². The summed E-state index contributed by atoms with van der Waals surface area (Å²) in [6.45, 7) is 5.24. The van der Waals surface area contributed by atoms with Crippen molar-refractivity contribution in [2.24, 2.45) is 10.7 Å². The third-order valence-corrected chi connectivity index (χ3v) is 1.85. The number of rotatable bonds is 1. The predicted molar refractivity (Wildman–Crippen MR) is 71.8 cm³/mol. The predicted octanol–water partition coefficient (Wildman–Crippen LogP) is 2.03. The number of benzene rings is 1. The molecule has 0 saturated heterocycles. The number of hydrogen-bond acceptors (Lipinski definition) is 4. The van der Waals surface area contributed by atoms with Gasteiger partial charge in [0.25, 0.3) is 0 Å². The number of ether oxygens (including phenoxy) is 1. The van der Waals surface area contributed by atoms with Crippen LogP contribution in [0.3, 0.4) is 0 Å². The molecule has 0 heterocycles. The van der Waals surface area contributed by atoms with Crippen LogP contribution >= 0.6 is 0 Å². The Morgan fingerprint density at radius 1 is 1.47 bits per heavy atom. The van der Waals surface area contributed by atoms with Crippen LogP contribution in [0, 0.1) is 11.3 Å². The molecule has 100 valence electrons. The van der Waals surface area contributed by atoms with Gasteiger partial charge in [0.2, 0.25) is 5.96 Å². The molecule has 3 N–H and O–H groups in total. The lowest BCUT2D eigenvalue weighted by atomic mass is 10.2. The molecule has 0 radical (unpaired) electrons. The zero-order valence-corrected chi connectivity index (χ0v) is 11.1. The van der Waals surface area contributed by atoms with Gasteiger partial charge in [0.05, 0.1) is 17.3 Å². The fourth-order valence-electron chi connectivity index (χ4n) is 1.22. The Kier molecular flexibility index (Phi) is 4.48. The van der Waals surface area contributed by atoms with Crippen molar-refractivity contribution in [2.75, 3.05) is 0 Å². The smallest absolute Gasteiger partial charge is 0.414 e. The van der Waals surface area contributed by atoms with E-state index in [9.17, 15) is 4.79 Å². The van der Waals surface area contributed by atoms with Crippen molar-refractivity contribution in [1.82, 2.24) is 5.32 Å². The third kappa shape index (κ3) is 5.55. The Morgan fingerprint density at radius 2 is 2.16 bits per heavy atom. The fourth-order valence-corrected chi connectivity index (χ4v) is 1.22. The minimum absolute atomic E-state index is 0.0932. The molecule has 0 unspecified atom stereocenters. The lowest BCUT2D eigenvalue weighted by Crippen LogP contribution is -2.40. The van der Waals surface area contributed by atoms with Crippen LogP contribution in [0.2, 0.25) is 0 Å². The Labute approximate surface area is 111 Å². The van der Waals surface area contributed by atoms with Gasteiger partial charge in [0.1, 0.15) is 5.60 Å². The molecule has 1 aromatic rings. The summed E-state index contributed by atoms with van der Waals surface area (Å²) in [5, 5.41) is 11.1. The van der Waals surface area contributed by atoms with Crippen LogP contribution < -0.4 is 11.1 Å². The maximum absolute atomic E-state index is 11.4. The molecule has 0 aliphatic carbocycles.